The molecule has 0 unspecified atom stereocenters. The SMILES string of the molecule is NC(=O)Cc1cnc(Nc2ccc(O)cc2)cc1NCc1ccccc1. The van der Waals surface area contributed by atoms with E-state index in [0.717, 1.165) is 22.5 Å². The molecule has 132 valence electrons. The van der Waals surface area contributed by atoms with Gasteiger partial charge in [-0.1, -0.05) is 30.3 Å². The Kier molecular flexibility index (Phi) is 5.34. The summed E-state index contributed by atoms with van der Waals surface area (Å²) < 4.78 is 0. The zero-order chi connectivity index (χ0) is 18.4. The average Bonchev–Trinajstić information content (AvgIpc) is 2.64. The van der Waals surface area contributed by atoms with Crippen LogP contribution in [0.3, 0.4) is 0 Å². The standard InChI is InChI=1S/C20H20N4O2/c21-19(26)10-15-13-23-20(24-16-6-8-17(25)9-7-16)11-18(15)22-12-14-4-2-1-3-5-14/h1-9,11,13,25H,10,12H2,(H2,21,26)(H2,22,23,24). The van der Waals surface area contributed by atoms with Crippen LogP contribution in [0.25, 0.3) is 0 Å². The molecule has 3 rings (SSSR count). The van der Waals surface area contributed by atoms with Crippen molar-refractivity contribution < 1.29 is 9.90 Å². The lowest BCUT2D eigenvalue weighted by Gasteiger charge is -2.14. The van der Waals surface area contributed by atoms with Crippen LogP contribution in [-0.4, -0.2) is 16.0 Å². The number of rotatable bonds is 7. The molecule has 6 heteroatoms. The molecule has 0 aliphatic carbocycles. The molecule has 1 amide bonds. The highest BCUT2D eigenvalue weighted by Gasteiger charge is 2.09. The van der Waals surface area contributed by atoms with E-state index in [0.29, 0.717) is 12.4 Å². The number of phenols is 1. The Bertz CT molecular complexity index is 880. The molecule has 0 saturated heterocycles. The molecule has 5 N–H and O–H groups in total. The van der Waals surface area contributed by atoms with Gasteiger partial charge in [-0.2, -0.15) is 0 Å². The first-order chi connectivity index (χ1) is 12.6. The van der Waals surface area contributed by atoms with E-state index in [9.17, 15) is 9.90 Å². The first-order valence-corrected chi connectivity index (χ1v) is 8.21. The summed E-state index contributed by atoms with van der Waals surface area (Å²) in [5, 5.41) is 15.9. The van der Waals surface area contributed by atoms with Crippen molar-refractivity contribution in [3.05, 3.63) is 78.0 Å². The quantitative estimate of drug-likeness (QED) is 0.491. The molecule has 1 aromatic heterocycles. The number of nitrogens with zero attached hydrogens (tertiary/aromatic N) is 1. The minimum atomic E-state index is -0.409. The molecule has 2 aromatic carbocycles. The van der Waals surface area contributed by atoms with Crippen molar-refractivity contribution in [3.8, 4) is 5.75 Å². The third kappa shape index (κ3) is 4.73. The van der Waals surface area contributed by atoms with E-state index in [-0.39, 0.29) is 12.2 Å². The number of amides is 1. The minimum absolute atomic E-state index is 0.115. The van der Waals surface area contributed by atoms with Gasteiger partial charge in [0, 0.05) is 35.7 Å². The Morgan fingerprint density at radius 3 is 2.50 bits per heavy atom. The number of anilines is 3. The largest absolute Gasteiger partial charge is 0.508 e. The molecule has 26 heavy (non-hydrogen) atoms. The molecule has 0 atom stereocenters. The second-order valence-electron chi connectivity index (χ2n) is 5.88. The topological polar surface area (TPSA) is 100 Å². The maximum Gasteiger partial charge on any atom is 0.221 e. The van der Waals surface area contributed by atoms with Crippen molar-refractivity contribution in [2.24, 2.45) is 5.73 Å². The number of aromatic hydroxyl groups is 1. The Labute approximate surface area is 151 Å². The predicted octanol–water partition coefficient (Wildman–Crippen LogP) is 3.17. The first-order valence-electron chi connectivity index (χ1n) is 8.21. The summed E-state index contributed by atoms with van der Waals surface area (Å²) in [5.41, 5.74) is 8.80. The highest BCUT2D eigenvalue weighted by Crippen LogP contribution is 2.23. The molecule has 0 bridgehead atoms. The van der Waals surface area contributed by atoms with E-state index in [1.165, 1.54) is 0 Å². The third-order valence-corrected chi connectivity index (χ3v) is 3.82. The van der Waals surface area contributed by atoms with Crippen LogP contribution in [0.4, 0.5) is 17.2 Å². The number of primary amides is 1. The van der Waals surface area contributed by atoms with E-state index >= 15 is 0 Å². The Morgan fingerprint density at radius 1 is 1.08 bits per heavy atom. The molecule has 0 aliphatic heterocycles. The van der Waals surface area contributed by atoms with Crippen molar-refractivity contribution in [1.29, 1.82) is 0 Å². The fourth-order valence-electron chi connectivity index (χ4n) is 2.53. The molecule has 0 fully saturated rings. The van der Waals surface area contributed by atoms with Gasteiger partial charge in [-0.05, 0) is 29.8 Å². The van der Waals surface area contributed by atoms with Gasteiger partial charge in [-0.25, -0.2) is 4.98 Å². The lowest BCUT2D eigenvalue weighted by atomic mass is 10.1. The van der Waals surface area contributed by atoms with Crippen LogP contribution in [0.2, 0.25) is 0 Å². The summed E-state index contributed by atoms with van der Waals surface area (Å²) in [5.74, 6) is 0.416. The van der Waals surface area contributed by atoms with E-state index in [1.54, 1.807) is 30.5 Å². The van der Waals surface area contributed by atoms with Crippen LogP contribution in [-0.2, 0) is 17.8 Å². The fraction of sp³-hybridized carbons (Fsp3) is 0.100. The molecular weight excluding hydrogens is 328 g/mol. The summed E-state index contributed by atoms with van der Waals surface area (Å²) in [6.45, 7) is 0.620. The minimum Gasteiger partial charge on any atom is -0.508 e. The number of carbonyl (C=O) groups is 1. The second-order valence-corrected chi connectivity index (χ2v) is 5.88. The number of carbonyl (C=O) groups excluding carboxylic acids is 1. The summed E-state index contributed by atoms with van der Waals surface area (Å²) in [6, 6.07) is 18.5. The Balaban J connectivity index is 1.80. The predicted molar refractivity (Wildman–Crippen MR) is 102 cm³/mol. The summed E-state index contributed by atoms with van der Waals surface area (Å²) in [4.78, 5) is 15.7. The molecule has 1 heterocycles. The lowest BCUT2D eigenvalue weighted by Crippen LogP contribution is -2.15. The number of hydrogen-bond acceptors (Lipinski definition) is 5. The summed E-state index contributed by atoms with van der Waals surface area (Å²) in [6.07, 6.45) is 1.75. The number of nitrogens with two attached hydrogens (primary N) is 1. The molecule has 0 aliphatic rings. The molecule has 0 spiro atoms. The van der Waals surface area contributed by atoms with Gasteiger partial charge in [-0.15, -0.1) is 0 Å². The van der Waals surface area contributed by atoms with E-state index in [4.69, 9.17) is 5.73 Å². The van der Waals surface area contributed by atoms with Gasteiger partial charge in [0.25, 0.3) is 0 Å². The van der Waals surface area contributed by atoms with Gasteiger partial charge < -0.3 is 21.5 Å². The van der Waals surface area contributed by atoms with Gasteiger partial charge >= 0.3 is 0 Å². The highest BCUT2D eigenvalue weighted by atomic mass is 16.3. The molecular formula is C20H20N4O2. The number of nitrogens with one attached hydrogen (secondary N) is 2. The molecule has 3 aromatic rings. The van der Waals surface area contributed by atoms with E-state index in [1.807, 2.05) is 36.4 Å². The van der Waals surface area contributed by atoms with Crippen molar-refractivity contribution in [2.45, 2.75) is 13.0 Å². The molecule has 0 saturated carbocycles. The zero-order valence-corrected chi connectivity index (χ0v) is 14.1. The summed E-state index contributed by atoms with van der Waals surface area (Å²) in [7, 11) is 0. The third-order valence-electron chi connectivity index (χ3n) is 3.82. The van der Waals surface area contributed by atoms with Crippen LogP contribution in [0, 0.1) is 0 Å². The highest BCUT2D eigenvalue weighted by molar-refractivity contribution is 5.79. The maximum absolute atomic E-state index is 11.3. The normalized spacial score (nSPS) is 10.3. The van der Waals surface area contributed by atoms with Crippen LogP contribution < -0.4 is 16.4 Å². The van der Waals surface area contributed by atoms with Gasteiger partial charge in [-0.3, -0.25) is 4.79 Å². The maximum atomic E-state index is 11.3. The monoisotopic (exact) mass is 348 g/mol. The number of hydrogen-bond donors (Lipinski definition) is 4. The van der Waals surface area contributed by atoms with Crippen LogP contribution in [0.15, 0.2) is 66.9 Å². The lowest BCUT2D eigenvalue weighted by molar-refractivity contribution is -0.117. The first kappa shape index (κ1) is 17.3. The van der Waals surface area contributed by atoms with Crippen LogP contribution in [0.5, 0.6) is 5.75 Å². The van der Waals surface area contributed by atoms with E-state index in [2.05, 4.69) is 15.6 Å². The van der Waals surface area contributed by atoms with E-state index < -0.39 is 5.91 Å². The smallest absolute Gasteiger partial charge is 0.221 e. The zero-order valence-electron chi connectivity index (χ0n) is 14.1. The van der Waals surface area contributed by atoms with Crippen molar-refractivity contribution in [2.75, 3.05) is 10.6 Å². The van der Waals surface area contributed by atoms with Gasteiger partial charge in [0.2, 0.25) is 5.91 Å². The van der Waals surface area contributed by atoms with Crippen LogP contribution >= 0.6 is 0 Å². The second kappa shape index (κ2) is 8.02. The van der Waals surface area contributed by atoms with Gasteiger partial charge in [0.1, 0.15) is 11.6 Å². The summed E-state index contributed by atoms with van der Waals surface area (Å²) >= 11 is 0. The van der Waals surface area contributed by atoms with Gasteiger partial charge in [0.15, 0.2) is 0 Å². The van der Waals surface area contributed by atoms with Crippen molar-refractivity contribution >= 4 is 23.1 Å². The Hall–Kier alpha value is -3.54. The van der Waals surface area contributed by atoms with Gasteiger partial charge in [0.05, 0.1) is 6.42 Å². The average molecular weight is 348 g/mol. The van der Waals surface area contributed by atoms with Crippen LogP contribution in [0.1, 0.15) is 11.1 Å². The Morgan fingerprint density at radius 2 is 1.81 bits per heavy atom. The number of aromatic nitrogens is 1. The molecule has 6 nitrogen and oxygen atoms in total. The number of benzene rings is 2. The fourth-order valence-corrected chi connectivity index (χ4v) is 2.53. The number of phenolic OH excluding ortho intramolecular Hbond substituents is 1. The number of pyridine rings is 1. The van der Waals surface area contributed by atoms with Crippen molar-refractivity contribution in [3.63, 3.8) is 0 Å². The molecule has 0 radical (unpaired) electrons. The van der Waals surface area contributed by atoms with Crippen molar-refractivity contribution in [1.82, 2.24) is 4.98 Å².